The van der Waals surface area contributed by atoms with E-state index in [1.807, 2.05) is 21.1 Å². The van der Waals surface area contributed by atoms with E-state index in [4.69, 9.17) is 18.9 Å². The van der Waals surface area contributed by atoms with E-state index in [2.05, 4.69) is 160 Å². The third kappa shape index (κ3) is 56.7. The topological polar surface area (TPSA) is 111 Å². The molecule has 9 nitrogen and oxygen atoms in total. The first kappa shape index (κ1) is 70.2. The summed E-state index contributed by atoms with van der Waals surface area (Å²) in [5.41, 5.74) is 0. The molecule has 0 N–H and O–H groups in total. The van der Waals surface area contributed by atoms with Gasteiger partial charge in [0, 0.05) is 12.8 Å². The monoisotopic (exact) mass is 1040 g/mol. The zero-order chi connectivity index (χ0) is 54.8. The van der Waals surface area contributed by atoms with Gasteiger partial charge in [0.15, 0.2) is 12.4 Å². The van der Waals surface area contributed by atoms with Gasteiger partial charge in [0.05, 0.1) is 40.3 Å². The van der Waals surface area contributed by atoms with Gasteiger partial charge in [0.25, 0.3) is 0 Å². The fraction of sp³-hybridized carbons (Fsp3) is 0.591. The molecule has 75 heavy (non-hydrogen) atoms. The van der Waals surface area contributed by atoms with E-state index < -0.39 is 24.3 Å². The van der Waals surface area contributed by atoms with Gasteiger partial charge in [-0.25, -0.2) is 0 Å². The molecular formula is C66H105NO8. The van der Waals surface area contributed by atoms with Gasteiger partial charge in [-0.15, -0.1) is 0 Å². The van der Waals surface area contributed by atoms with Crippen LogP contribution in [0.15, 0.2) is 146 Å². The van der Waals surface area contributed by atoms with Gasteiger partial charge in [0.2, 0.25) is 0 Å². The Morgan fingerprint density at radius 1 is 0.413 bits per heavy atom. The lowest BCUT2D eigenvalue weighted by atomic mass is 10.1. The number of allylic oxidation sites excluding steroid dienone is 24. The van der Waals surface area contributed by atoms with Crippen molar-refractivity contribution in [3.05, 3.63) is 146 Å². The van der Waals surface area contributed by atoms with E-state index in [0.717, 1.165) is 148 Å². The van der Waals surface area contributed by atoms with Crippen LogP contribution in [0, 0.1) is 0 Å². The van der Waals surface area contributed by atoms with E-state index in [9.17, 15) is 19.5 Å². The van der Waals surface area contributed by atoms with Crippen LogP contribution in [-0.4, -0.2) is 82.3 Å². The summed E-state index contributed by atoms with van der Waals surface area (Å²) in [4.78, 5) is 37.1. The van der Waals surface area contributed by atoms with E-state index in [0.29, 0.717) is 17.4 Å². The normalized spacial score (nSPS) is 13.9. The average molecular weight is 1040 g/mol. The molecule has 0 aliphatic carbocycles. The summed E-state index contributed by atoms with van der Waals surface area (Å²) in [6.45, 7) is 4.52. The molecule has 0 aromatic heterocycles. The maximum absolute atomic E-state index is 12.8. The minimum atomic E-state index is -1.64. The molecule has 0 aliphatic rings. The minimum Gasteiger partial charge on any atom is -0.545 e. The Hall–Kier alpha value is -4.83. The Morgan fingerprint density at radius 2 is 0.760 bits per heavy atom. The SMILES string of the molecule is CC/C=C\C/C=C\C/C=C\C/C=C\C/C=C\C/C=C\C/C=C\C/C=C\C/C=C\C/C=C\C/C=C\CCCCCCCC(=O)OC(COC(=O)CCCCCCC/C=C\CCCC)COC(OCC[N+](C)(C)C)C(=O)[O-]. The molecule has 2 unspecified atom stereocenters. The van der Waals surface area contributed by atoms with Crippen molar-refractivity contribution < 1.29 is 42.9 Å². The number of unbranched alkanes of at least 4 members (excludes halogenated alkanes) is 12. The summed E-state index contributed by atoms with van der Waals surface area (Å²) in [5, 5.41) is 11.7. The van der Waals surface area contributed by atoms with Gasteiger partial charge in [0.1, 0.15) is 13.2 Å². The number of ether oxygens (including phenoxy) is 4. The molecule has 422 valence electrons. The summed E-state index contributed by atoms with van der Waals surface area (Å²) in [5.74, 6) is -2.34. The van der Waals surface area contributed by atoms with Crippen LogP contribution in [0.3, 0.4) is 0 Å². The molecule has 9 heteroatoms. The number of esters is 2. The molecule has 0 aromatic rings. The molecule has 0 rings (SSSR count). The number of carboxylic acids is 1. The Kier molecular flexibility index (Phi) is 51.8. The lowest BCUT2D eigenvalue weighted by molar-refractivity contribution is -0.870. The minimum absolute atomic E-state index is 0.135. The highest BCUT2D eigenvalue weighted by Gasteiger charge is 2.22. The van der Waals surface area contributed by atoms with Crippen molar-refractivity contribution in [2.45, 2.75) is 206 Å². The van der Waals surface area contributed by atoms with Crippen LogP contribution in [0.2, 0.25) is 0 Å². The zero-order valence-electron chi connectivity index (χ0n) is 47.9. The van der Waals surface area contributed by atoms with Crippen LogP contribution in [-0.2, 0) is 33.3 Å². The number of carboxylic acid groups (broad SMARTS) is 1. The molecule has 0 saturated heterocycles. The Morgan fingerprint density at radius 3 is 1.15 bits per heavy atom. The van der Waals surface area contributed by atoms with Gasteiger partial charge < -0.3 is 33.3 Å². The first-order valence-corrected chi connectivity index (χ1v) is 29.0. The van der Waals surface area contributed by atoms with Crippen molar-refractivity contribution >= 4 is 17.9 Å². The third-order valence-electron chi connectivity index (χ3n) is 11.6. The largest absolute Gasteiger partial charge is 0.545 e. The van der Waals surface area contributed by atoms with Crippen molar-refractivity contribution in [1.82, 2.24) is 0 Å². The van der Waals surface area contributed by atoms with Crippen molar-refractivity contribution in [1.29, 1.82) is 0 Å². The maximum atomic E-state index is 12.8. The van der Waals surface area contributed by atoms with Crippen LogP contribution in [0.4, 0.5) is 0 Å². The summed E-state index contributed by atoms with van der Waals surface area (Å²) in [7, 11) is 5.89. The molecule has 0 amide bonds. The quantitative estimate of drug-likeness (QED) is 0.0195. The molecule has 2 atom stereocenters. The van der Waals surface area contributed by atoms with Crippen LogP contribution in [0.1, 0.15) is 194 Å². The van der Waals surface area contributed by atoms with Gasteiger partial charge in [-0.05, 0) is 116 Å². The Balaban J connectivity index is 4.22. The highest BCUT2D eigenvalue weighted by Crippen LogP contribution is 2.13. The van der Waals surface area contributed by atoms with Crippen LogP contribution in [0.5, 0.6) is 0 Å². The second-order valence-corrected chi connectivity index (χ2v) is 19.8. The standard InChI is InChI=1S/C66H105NO8/c1-6-8-10-12-14-16-18-19-20-21-22-23-24-25-26-27-28-29-30-31-32-33-34-35-36-37-38-39-40-41-42-43-44-45-47-49-51-53-55-57-64(69)75-62(61-74-66(65(70)71)72-59-58-67(3,4)5)60-73-63(68)56-54-52-50-48-46-17-15-13-11-9-7-2/h8,10,13-16,19-20,22-23,25-26,28-29,31-32,34-35,37-38,40-41,43-44,62,66H,6-7,9,11-12,17-18,21,24,27,30,33,36,39,42,45-61H2,1-5H3/b10-8-,15-13-,16-14-,20-19-,23-22-,26-25-,29-28-,32-31-,35-34-,38-37-,41-40-,44-43-. The fourth-order valence-corrected chi connectivity index (χ4v) is 7.11. The number of likely N-dealkylation sites (N-methyl/N-ethyl adjacent to an activating group) is 1. The molecule has 0 bridgehead atoms. The number of hydrogen-bond donors (Lipinski definition) is 0. The number of rotatable bonds is 51. The number of hydrogen-bond acceptors (Lipinski definition) is 8. The van der Waals surface area contributed by atoms with Gasteiger partial charge in [-0.1, -0.05) is 211 Å². The van der Waals surface area contributed by atoms with E-state index in [1.165, 1.54) is 12.8 Å². The molecule has 0 fully saturated rings. The van der Waals surface area contributed by atoms with Gasteiger partial charge in [-0.2, -0.15) is 0 Å². The molecule has 0 saturated carbocycles. The van der Waals surface area contributed by atoms with E-state index in [-0.39, 0.29) is 38.6 Å². The second-order valence-electron chi connectivity index (χ2n) is 19.8. The number of nitrogens with zero attached hydrogens (tertiary/aromatic N) is 1. The van der Waals surface area contributed by atoms with E-state index >= 15 is 0 Å². The van der Waals surface area contributed by atoms with Crippen LogP contribution >= 0.6 is 0 Å². The number of carbonyl (C=O) groups is 3. The second kappa shape index (κ2) is 55.4. The molecule has 0 aromatic carbocycles. The van der Waals surface area contributed by atoms with Crippen molar-refractivity contribution in [3.8, 4) is 0 Å². The lowest BCUT2D eigenvalue weighted by Crippen LogP contribution is -2.44. The highest BCUT2D eigenvalue weighted by atomic mass is 16.7. The summed E-state index contributed by atoms with van der Waals surface area (Å²) >= 11 is 0. The summed E-state index contributed by atoms with van der Waals surface area (Å²) < 4.78 is 22.6. The first-order valence-electron chi connectivity index (χ1n) is 29.0. The van der Waals surface area contributed by atoms with Gasteiger partial charge >= 0.3 is 11.9 Å². The molecular weight excluding hydrogens is 935 g/mol. The summed E-state index contributed by atoms with van der Waals surface area (Å²) in [6, 6.07) is 0. The maximum Gasteiger partial charge on any atom is 0.306 e. The number of quaternary nitrogens is 1. The smallest absolute Gasteiger partial charge is 0.306 e. The zero-order valence-corrected chi connectivity index (χ0v) is 47.9. The third-order valence-corrected chi connectivity index (χ3v) is 11.6. The van der Waals surface area contributed by atoms with Crippen molar-refractivity contribution in [3.63, 3.8) is 0 Å². The van der Waals surface area contributed by atoms with Crippen LogP contribution < -0.4 is 5.11 Å². The Bertz CT molecular complexity index is 1730. The fourth-order valence-electron chi connectivity index (χ4n) is 7.11. The average Bonchev–Trinajstić information content (AvgIpc) is 3.38. The van der Waals surface area contributed by atoms with Crippen molar-refractivity contribution in [2.24, 2.45) is 0 Å². The molecule has 0 heterocycles. The first-order chi connectivity index (χ1) is 36.6. The number of aliphatic carboxylic acids is 1. The van der Waals surface area contributed by atoms with Gasteiger partial charge in [-0.3, -0.25) is 9.59 Å². The number of carbonyl (C=O) groups excluding carboxylic acids is 3. The molecule has 0 spiro atoms. The molecule has 0 radical (unpaired) electrons. The van der Waals surface area contributed by atoms with Crippen molar-refractivity contribution in [2.75, 3.05) is 47.5 Å². The molecule has 0 aliphatic heterocycles. The Labute approximate surface area is 458 Å². The highest BCUT2D eigenvalue weighted by molar-refractivity contribution is 5.70. The predicted molar refractivity (Wildman–Crippen MR) is 315 cm³/mol. The van der Waals surface area contributed by atoms with Crippen LogP contribution in [0.25, 0.3) is 0 Å². The summed E-state index contributed by atoms with van der Waals surface area (Å²) in [6.07, 6.45) is 77.7. The lowest BCUT2D eigenvalue weighted by Gasteiger charge is -2.26. The predicted octanol–water partition coefficient (Wildman–Crippen LogP) is 15.9. The van der Waals surface area contributed by atoms with E-state index in [1.54, 1.807) is 0 Å².